The highest BCUT2D eigenvalue weighted by atomic mass is 19.4. The Hall–Kier alpha value is -3.56. The first-order valence-corrected chi connectivity index (χ1v) is 12.4. The number of rotatable bonds is 9. The predicted octanol–water partition coefficient (Wildman–Crippen LogP) is 4.97. The van der Waals surface area contributed by atoms with Crippen LogP contribution in [0.4, 0.5) is 23.7 Å². The van der Waals surface area contributed by atoms with Gasteiger partial charge < -0.3 is 19.9 Å². The van der Waals surface area contributed by atoms with E-state index in [2.05, 4.69) is 5.32 Å². The largest absolute Gasteiger partial charge is 0.466 e. The molecule has 0 radical (unpaired) electrons. The molecule has 1 heterocycles. The third kappa shape index (κ3) is 8.51. The highest BCUT2D eigenvalue weighted by molar-refractivity contribution is 5.89. The average Bonchev–Trinajstić information content (AvgIpc) is 2.89. The summed E-state index contributed by atoms with van der Waals surface area (Å²) in [6.07, 6.45) is -2.73. The van der Waals surface area contributed by atoms with Crippen molar-refractivity contribution in [1.29, 1.82) is 0 Å². The molecule has 1 aliphatic heterocycles. The minimum Gasteiger partial charge on any atom is -0.466 e. The number of ether oxygens (including phenoxy) is 1. The number of hydrogen-bond donors (Lipinski definition) is 1. The summed E-state index contributed by atoms with van der Waals surface area (Å²) >= 11 is 0. The lowest BCUT2D eigenvalue weighted by Crippen LogP contribution is -2.43. The Morgan fingerprint density at radius 2 is 1.65 bits per heavy atom. The molecule has 1 saturated heterocycles. The van der Waals surface area contributed by atoms with Crippen LogP contribution in [0.15, 0.2) is 54.6 Å². The minimum atomic E-state index is -4.46. The van der Waals surface area contributed by atoms with Crippen LogP contribution in [0.2, 0.25) is 0 Å². The van der Waals surface area contributed by atoms with Crippen LogP contribution in [0.25, 0.3) is 0 Å². The van der Waals surface area contributed by atoms with Crippen molar-refractivity contribution in [2.24, 2.45) is 5.92 Å². The molecule has 3 amide bonds. The van der Waals surface area contributed by atoms with Gasteiger partial charge in [0.2, 0.25) is 5.91 Å². The topological polar surface area (TPSA) is 79.0 Å². The fraction of sp³-hybridized carbons (Fsp3) is 0.444. The number of alkyl halides is 3. The number of benzene rings is 2. The van der Waals surface area contributed by atoms with E-state index in [-0.39, 0.29) is 36.4 Å². The molecule has 1 aliphatic rings. The Morgan fingerprint density at radius 1 is 1.00 bits per heavy atom. The molecule has 0 bridgehead atoms. The van der Waals surface area contributed by atoms with Crippen molar-refractivity contribution in [2.45, 2.75) is 38.8 Å². The Labute approximate surface area is 214 Å². The number of likely N-dealkylation sites (tertiary alicyclic amines) is 1. The van der Waals surface area contributed by atoms with Crippen molar-refractivity contribution in [1.82, 2.24) is 9.80 Å². The molecule has 0 saturated carbocycles. The van der Waals surface area contributed by atoms with Gasteiger partial charge in [-0.2, -0.15) is 13.2 Å². The Bertz CT molecular complexity index is 1040. The number of hydrogen-bond acceptors (Lipinski definition) is 4. The van der Waals surface area contributed by atoms with Crippen molar-refractivity contribution >= 4 is 23.6 Å². The van der Waals surface area contributed by atoms with Crippen LogP contribution < -0.4 is 5.32 Å². The molecule has 37 heavy (non-hydrogen) atoms. The molecule has 3 rings (SSSR count). The summed E-state index contributed by atoms with van der Waals surface area (Å²) in [5.41, 5.74) is 0.445. The van der Waals surface area contributed by atoms with Crippen LogP contribution in [-0.4, -0.2) is 60.5 Å². The van der Waals surface area contributed by atoms with Crippen LogP contribution in [0, 0.1) is 5.92 Å². The van der Waals surface area contributed by atoms with E-state index in [1.807, 2.05) is 30.3 Å². The van der Waals surface area contributed by atoms with Gasteiger partial charge in [-0.25, -0.2) is 4.79 Å². The van der Waals surface area contributed by atoms with Crippen molar-refractivity contribution < 1.29 is 32.3 Å². The summed E-state index contributed by atoms with van der Waals surface area (Å²) in [5.74, 6) is -0.558. The van der Waals surface area contributed by atoms with Gasteiger partial charge in [0.1, 0.15) is 0 Å². The Balaban J connectivity index is 1.59. The fourth-order valence-corrected chi connectivity index (χ4v) is 4.18. The second kappa shape index (κ2) is 13.1. The van der Waals surface area contributed by atoms with Gasteiger partial charge >= 0.3 is 18.2 Å². The van der Waals surface area contributed by atoms with Gasteiger partial charge in [-0.15, -0.1) is 0 Å². The van der Waals surface area contributed by atoms with Gasteiger partial charge in [0.15, 0.2) is 0 Å². The monoisotopic (exact) mass is 519 g/mol. The number of carbonyl (C=O) groups is 3. The average molecular weight is 520 g/mol. The lowest BCUT2D eigenvalue weighted by molar-refractivity contribution is -0.151. The molecule has 0 atom stereocenters. The second-order valence-electron chi connectivity index (χ2n) is 8.89. The normalized spacial score (nSPS) is 14.2. The zero-order chi connectivity index (χ0) is 26.8. The smallest absolute Gasteiger partial charge is 0.416 e. The maximum absolute atomic E-state index is 13.0. The van der Waals surface area contributed by atoms with Crippen LogP contribution in [0.1, 0.15) is 37.3 Å². The number of carbonyl (C=O) groups excluding carboxylic acids is 3. The van der Waals surface area contributed by atoms with E-state index in [9.17, 15) is 27.6 Å². The Morgan fingerprint density at radius 3 is 2.24 bits per heavy atom. The quantitative estimate of drug-likeness (QED) is 0.475. The highest BCUT2D eigenvalue weighted by Gasteiger charge is 2.30. The lowest BCUT2D eigenvalue weighted by Gasteiger charge is -2.31. The van der Waals surface area contributed by atoms with E-state index in [1.54, 1.807) is 11.8 Å². The molecule has 2 aromatic carbocycles. The first-order valence-electron chi connectivity index (χ1n) is 12.4. The molecular formula is C27H32F3N3O4. The number of nitrogens with one attached hydrogen (secondary N) is 1. The van der Waals surface area contributed by atoms with Crippen molar-refractivity contribution in [3.63, 3.8) is 0 Å². The summed E-state index contributed by atoms with van der Waals surface area (Å²) in [6, 6.07) is 13.3. The van der Waals surface area contributed by atoms with Crippen LogP contribution in [0.3, 0.4) is 0 Å². The molecule has 1 N–H and O–H groups in total. The van der Waals surface area contributed by atoms with Gasteiger partial charge in [0.05, 0.1) is 18.1 Å². The first kappa shape index (κ1) is 28.0. The van der Waals surface area contributed by atoms with Gasteiger partial charge in [0, 0.05) is 38.3 Å². The van der Waals surface area contributed by atoms with E-state index in [0.29, 0.717) is 45.5 Å². The van der Waals surface area contributed by atoms with Crippen LogP contribution >= 0.6 is 0 Å². The van der Waals surface area contributed by atoms with E-state index in [0.717, 1.165) is 17.7 Å². The summed E-state index contributed by atoms with van der Waals surface area (Å²) < 4.78 is 43.6. The first-order chi connectivity index (χ1) is 17.7. The SMILES string of the molecule is CCOC(=O)C1CCN(C(=O)CCN(CCc2ccccc2)C(=O)Nc2ccc(C(F)(F)F)cc2)CC1. The lowest BCUT2D eigenvalue weighted by atomic mass is 9.97. The molecule has 10 heteroatoms. The van der Waals surface area contributed by atoms with Crippen molar-refractivity contribution in [3.05, 3.63) is 65.7 Å². The van der Waals surface area contributed by atoms with Gasteiger partial charge in [-0.1, -0.05) is 30.3 Å². The van der Waals surface area contributed by atoms with Gasteiger partial charge in [0.25, 0.3) is 0 Å². The number of amides is 3. The maximum Gasteiger partial charge on any atom is 0.416 e. The van der Waals surface area contributed by atoms with Crippen LogP contribution in [0.5, 0.6) is 0 Å². The summed E-state index contributed by atoms with van der Waals surface area (Å²) in [7, 11) is 0. The second-order valence-corrected chi connectivity index (χ2v) is 8.89. The zero-order valence-electron chi connectivity index (χ0n) is 20.8. The summed E-state index contributed by atoms with van der Waals surface area (Å²) in [5, 5.41) is 2.63. The summed E-state index contributed by atoms with van der Waals surface area (Å²) in [4.78, 5) is 41.0. The molecule has 0 aliphatic carbocycles. The third-order valence-corrected chi connectivity index (χ3v) is 6.33. The molecular weight excluding hydrogens is 487 g/mol. The standard InChI is InChI=1S/C27H32F3N3O4/c1-2-37-25(35)21-13-17-32(18-14-21)24(34)15-19-33(16-12-20-6-4-3-5-7-20)26(36)31-23-10-8-22(9-11-23)27(28,29)30/h3-11,21H,2,12-19H2,1H3,(H,31,36). The summed E-state index contributed by atoms with van der Waals surface area (Å²) in [6.45, 7) is 3.46. The van der Waals surface area contributed by atoms with E-state index in [4.69, 9.17) is 4.74 Å². The van der Waals surface area contributed by atoms with Crippen LogP contribution in [-0.2, 0) is 26.9 Å². The molecule has 2 aromatic rings. The maximum atomic E-state index is 13.0. The number of urea groups is 1. The molecule has 200 valence electrons. The predicted molar refractivity (Wildman–Crippen MR) is 133 cm³/mol. The number of piperidine rings is 1. The van der Waals surface area contributed by atoms with E-state index in [1.165, 1.54) is 17.0 Å². The molecule has 7 nitrogen and oxygen atoms in total. The number of nitrogens with zero attached hydrogens (tertiary/aromatic N) is 2. The fourth-order valence-electron chi connectivity index (χ4n) is 4.18. The molecule has 1 fully saturated rings. The molecule has 0 aromatic heterocycles. The molecule has 0 spiro atoms. The van der Waals surface area contributed by atoms with Crippen molar-refractivity contribution in [3.8, 4) is 0 Å². The Kier molecular flexibility index (Phi) is 9.93. The van der Waals surface area contributed by atoms with Crippen molar-refractivity contribution in [2.75, 3.05) is 38.1 Å². The molecule has 0 unspecified atom stereocenters. The minimum absolute atomic E-state index is 0.0965. The number of anilines is 1. The number of esters is 1. The third-order valence-electron chi connectivity index (χ3n) is 6.33. The van der Waals surface area contributed by atoms with E-state index < -0.39 is 17.8 Å². The van der Waals surface area contributed by atoms with Gasteiger partial charge in [-0.05, 0) is 56.0 Å². The number of halogens is 3. The van der Waals surface area contributed by atoms with E-state index >= 15 is 0 Å². The highest BCUT2D eigenvalue weighted by Crippen LogP contribution is 2.30. The van der Waals surface area contributed by atoms with Gasteiger partial charge in [-0.3, -0.25) is 9.59 Å². The zero-order valence-corrected chi connectivity index (χ0v) is 20.8.